The molecule has 0 saturated carbocycles. The highest BCUT2D eigenvalue weighted by Crippen LogP contribution is 2.51. The number of phenols is 1. The molecule has 3 aliphatic heterocycles. The number of hydrogen-bond donors (Lipinski definition) is 2. The number of carbonyl (C=O) groups excluding carboxylic acids is 1. The minimum absolute atomic E-state index is 0.0943. The van der Waals surface area contributed by atoms with Gasteiger partial charge in [0.2, 0.25) is 0 Å². The molecule has 7 heteroatoms. The van der Waals surface area contributed by atoms with Gasteiger partial charge in [0.25, 0.3) is 0 Å². The van der Waals surface area contributed by atoms with Crippen LogP contribution in [0.2, 0.25) is 0 Å². The maximum absolute atomic E-state index is 13.3. The fourth-order valence-electron chi connectivity index (χ4n) is 5.26. The van der Waals surface area contributed by atoms with Crippen LogP contribution in [0.1, 0.15) is 28.5 Å². The molecule has 33 heavy (non-hydrogen) atoms. The molecule has 0 amide bonds. The van der Waals surface area contributed by atoms with E-state index < -0.39 is 11.8 Å². The second-order valence-electron chi connectivity index (χ2n) is 8.51. The number of ether oxygens (including phenoxy) is 2. The van der Waals surface area contributed by atoms with E-state index in [0.29, 0.717) is 17.7 Å². The lowest BCUT2D eigenvalue weighted by atomic mass is 9.75. The Kier molecular flexibility index (Phi) is 4.24. The third-order valence-electron chi connectivity index (χ3n) is 6.76. The van der Waals surface area contributed by atoms with Gasteiger partial charge in [0.1, 0.15) is 5.75 Å². The number of para-hydroxylation sites is 2. The Morgan fingerprint density at radius 3 is 2.73 bits per heavy atom. The molecule has 4 heterocycles. The summed E-state index contributed by atoms with van der Waals surface area (Å²) in [5.74, 6) is -0.441. The van der Waals surface area contributed by atoms with Gasteiger partial charge in [-0.15, -0.1) is 0 Å². The number of nitrogens with one attached hydrogen (secondary N) is 1. The molecule has 1 aromatic heterocycles. The molecule has 6 rings (SSSR count). The third kappa shape index (κ3) is 2.65. The number of ketones is 1. The Morgan fingerprint density at radius 2 is 1.97 bits per heavy atom. The Bertz CT molecular complexity index is 1410. The number of aromatic nitrogens is 1. The van der Waals surface area contributed by atoms with Gasteiger partial charge in [0.05, 0.1) is 22.9 Å². The van der Waals surface area contributed by atoms with E-state index in [9.17, 15) is 15.2 Å². The minimum Gasteiger partial charge on any atom is -0.507 e. The van der Waals surface area contributed by atoms with Crippen molar-refractivity contribution in [2.24, 2.45) is 0 Å². The van der Waals surface area contributed by atoms with Crippen LogP contribution in [0.15, 0.2) is 72.0 Å². The van der Waals surface area contributed by atoms with Crippen LogP contribution in [0.5, 0.6) is 5.75 Å². The van der Waals surface area contributed by atoms with Crippen molar-refractivity contribution < 1.29 is 19.4 Å². The monoisotopic (exact) mass is 439 g/mol. The van der Waals surface area contributed by atoms with Gasteiger partial charge in [-0.1, -0.05) is 30.3 Å². The third-order valence-corrected chi connectivity index (χ3v) is 6.76. The quantitative estimate of drug-likeness (QED) is 0.601. The number of H-pyrrole nitrogens is 1. The first kappa shape index (κ1) is 19.8. The number of carbonyl (C=O) groups is 1. The lowest BCUT2D eigenvalue weighted by Gasteiger charge is -2.55. The highest BCUT2D eigenvalue weighted by Gasteiger charge is 2.59. The number of allylic oxidation sites excluding steroid dienone is 2. The van der Waals surface area contributed by atoms with Gasteiger partial charge in [-0.3, -0.25) is 4.79 Å². The van der Waals surface area contributed by atoms with Gasteiger partial charge in [-0.05, 0) is 43.2 Å². The fourth-order valence-corrected chi connectivity index (χ4v) is 5.26. The molecule has 2 N–H and O–H groups in total. The molecular weight excluding hydrogens is 418 g/mol. The summed E-state index contributed by atoms with van der Waals surface area (Å²) in [6.45, 7) is 2.39. The predicted molar refractivity (Wildman–Crippen MR) is 120 cm³/mol. The largest absolute Gasteiger partial charge is 0.507 e. The van der Waals surface area contributed by atoms with E-state index in [1.54, 1.807) is 30.5 Å². The molecule has 0 radical (unpaired) electrons. The summed E-state index contributed by atoms with van der Waals surface area (Å²) >= 11 is 0. The van der Waals surface area contributed by atoms with Gasteiger partial charge in [0, 0.05) is 29.2 Å². The van der Waals surface area contributed by atoms with Crippen LogP contribution in [0.25, 0.3) is 10.9 Å². The SMILES string of the molecule is CC1OC(C23C(C#N)=CC(C(=O)c4ccccc4O)=CN2CCc2c3[nH]c3ccccc23)O1. The second kappa shape index (κ2) is 7.07. The lowest BCUT2D eigenvalue weighted by molar-refractivity contribution is -0.406. The molecule has 1 unspecified atom stereocenters. The predicted octanol–water partition coefficient (Wildman–Crippen LogP) is 3.88. The van der Waals surface area contributed by atoms with Crippen molar-refractivity contribution in [3.05, 3.63) is 88.8 Å². The van der Waals surface area contributed by atoms with E-state index in [-0.39, 0.29) is 23.4 Å². The molecule has 164 valence electrons. The van der Waals surface area contributed by atoms with Crippen LogP contribution in [0.4, 0.5) is 0 Å². The molecule has 1 atom stereocenters. The number of nitrogens with zero attached hydrogens (tertiary/aromatic N) is 2. The van der Waals surface area contributed by atoms with E-state index >= 15 is 0 Å². The molecule has 1 saturated heterocycles. The average molecular weight is 439 g/mol. The number of aromatic amines is 1. The van der Waals surface area contributed by atoms with Crippen molar-refractivity contribution in [2.45, 2.75) is 31.5 Å². The van der Waals surface area contributed by atoms with Gasteiger partial charge < -0.3 is 24.5 Å². The van der Waals surface area contributed by atoms with Crippen LogP contribution >= 0.6 is 0 Å². The van der Waals surface area contributed by atoms with E-state index in [1.165, 1.54) is 6.07 Å². The summed E-state index contributed by atoms with van der Waals surface area (Å²) in [6.07, 6.45) is 3.01. The number of Topliss-reactive ketones (excluding diaryl/α,β-unsaturated/α-hetero) is 1. The van der Waals surface area contributed by atoms with Gasteiger partial charge in [-0.25, -0.2) is 0 Å². The maximum Gasteiger partial charge on any atom is 0.198 e. The summed E-state index contributed by atoms with van der Waals surface area (Å²) in [7, 11) is 0. The first-order chi connectivity index (χ1) is 16.0. The van der Waals surface area contributed by atoms with Crippen molar-refractivity contribution >= 4 is 16.7 Å². The highest BCUT2D eigenvalue weighted by atomic mass is 16.9. The molecule has 0 aliphatic carbocycles. The van der Waals surface area contributed by atoms with Crippen molar-refractivity contribution in [3.63, 3.8) is 0 Å². The normalized spacial score (nSPS) is 25.9. The van der Waals surface area contributed by atoms with Crippen molar-refractivity contribution in [3.8, 4) is 11.8 Å². The van der Waals surface area contributed by atoms with E-state index in [4.69, 9.17) is 9.47 Å². The molecule has 7 nitrogen and oxygen atoms in total. The zero-order valence-corrected chi connectivity index (χ0v) is 17.9. The second-order valence-corrected chi connectivity index (χ2v) is 8.51. The van der Waals surface area contributed by atoms with Crippen LogP contribution in [0.3, 0.4) is 0 Å². The molecule has 0 spiro atoms. The van der Waals surface area contributed by atoms with Gasteiger partial charge in [0.15, 0.2) is 23.9 Å². The summed E-state index contributed by atoms with van der Waals surface area (Å²) in [4.78, 5) is 18.8. The van der Waals surface area contributed by atoms with E-state index in [2.05, 4.69) is 17.1 Å². The molecular formula is C26H21N3O4. The number of fused-ring (bicyclic) bond motifs is 5. The Morgan fingerprint density at radius 1 is 1.21 bits per heavy atom. The number of phenolic OH excluding ortho intramolecular Hbond substituents is 1. The number of benzene rings is 2. The molecule has 3 aromatic rings. The molecule has 1 fully saturated rings. The number of rotatable bonds is 3. The molecule has 0 bridgehead atoms. The van der Waals surface area contributed by atoms with Crippen LogP contribution in [-0.4, -0.2) is 39.9 Å². The summed E-state index contributed by atoms with van der Waals surface area (Å²) < 4.78 is 12.0. The summed E-state index contributed by atoms with van der Waals surface area (Å²) in [6, 6.07) is 16.8. The minimum atomic E-state index is -1.03. The van der Waals surface area contributed by atoms with Crippen LogP contribution in [-0.2, 0) is 21.4 Å². The van der Waals surface area contributed by atoms with Gasteiger partial charge in [-0.2, -0.15) is 5.26 Å². The fraction of sp³-hybridized carbons (Fsp3) is 0.231. The summed E-state index contributed by atoms with van der Waals surface area (Å²) in [5, 5.41) is 21.6. The van der Waals surface area contributed by atoms with Crippen LogP contribution < -0.4 is 0 Å². The molecule has 2 aromatic carbocycles. The van der Waals surface area contributed by atoms with Crippen molar-refractivity contribution in [1.29, 1.82) is 5.26 Å². The first-order valence-corrected chi connectivity index (χ1v) is 10.9. The maximum atomic E-state index is 13.3. The van der Waals surface area contributed by atoms with Crippen molar-refractivity contribution in [2.75, 3.05) is 6.54 Å². The Labute approximate surface area is 190 Å². The van der Waals surface area contributed by atoms with E-state index in [0.717, 1.165) is 28.6 Å². The number of hydrogen-bond acceptors (Lipinski definition) is 6. The van der Waals surface area contributed by atoms with Crippen molar-refractivity contribution in [1.82, 2.24) is 9.88 Å². The molecule has 3 aliphatic rings. The Hall–Kier alpha value is -3.86. The average Bonchev–Trinajstić information content (AvgIpc) is 3.20. The van der Waals surface area contributed by atoms with E-state index in [1.807, 2.05) is 30.0 Å². The van der Waals surface area contributed by atoms with Gasteiger partial charge >= 0.3 is 0 Å². The number of nitriles is 1. The first-order valence-electron chi connectivity index (χ1n) is 10.9. The summed E-state index contributed by atoms with van der Waals surface area (Å²) in [5.41, 5.74) is 2.80. The highest BCUT2D eigenvalue weighted by molar-refractivity contribution is 6.12. The smallest absolute Gasteiger partial charge is 0.198 e. The Balaban J connectivity index is 1.55. The number of aromatic hydroxyl groups is 1. The van der Waals surface area contributed by atoms with Crippen LogP contribution in [0, 0.1) is 11.3 Å². The standard InChI is InChI=1S/C26H21N3O4/c1-15-32-25(33-15)26-17(13-27)12-16(23(31)20-7-3-5-9-22(20)30)14-29(26)11-10-19-18-6-2-4-8-21(18)28-24(19)26/h2-9,12,14-15,25,28,30H,10-11H2,1H3. The zero-order chi connectivity index (χ0) is 22.7. The lowest BCUT2D eigenvalue weighted by Crippen LogP contribution is -2.64. The topological polar surface area (TPSA) is 98.6 Å². The zero-order valence-electron chi connectivity index (χ0n) is 17.9.